The number of nitrogens with one attached hydrogen (secondary N) is 1. The first kappa shape index (κ1) is 16.1. The van der Waals surface area contributed by atoms with Crippen LogP contribution in [-0.2, 0) is 4.74 Å². The van der Waals surface area contributed by atoms with Crippen molar-refractivity contribution in [3.05, 3.63) is 36.0 Å². The van der Waals surface area contributed by atoms with Crippen LogP contribution in [0.15, 0.2) is 30.3 Å². The molecule has 2 aromatic rings. The third kappa shape index (κ3) is 3.14. The number of benzene rings is 1. The molecule has 1 amide bonds. The summed E-state index contributed by atoms with van der Waals surface area (Å²) in [5, 5.41) is 7.23. The van der Waals surface area contributed by atoms with Crippen LogP contribution in [0.3, 0.4) is 0 Å². The van der Waals surface area contributed by atoms with Crippen LogP contribution in [-0.4, -0.2) is 53.4 Å². The Morgan fingerprint density at radius 1 is 1.32 bits per heavy atom. The summed E-state index contributed by atoms with van der Waals surface area (Å²) < 4.78 is 11.1. The fourth-order valence-corrected chi connectivity index (χ4v) is 3.86. The fourth-order valence-electron chi connectivity index (χ4n) is 3.86. The minimum atomic E-state index is 0.0156. The first-order chi connectivity index (χ1) is 12.3. The molecule has 1 N–H and O–H groups in total. The molecule has 1 aliphatic heterocycles. The molecule has 1 aromatic heterocycles. The van der Waals surface area contributed by atoms with Gasteiger partial charge in [0.25, 0.3) is 5.91 Å². The summed E-state index contributed by atoms with van der Waals surface area (Å²) in [4.78, 5) is 15.0. The van der Waals surface area contributed by atoms with Crippen molar-refractivity contribution < 1.29 is 14.3 Å². The van der Waals surface area contributed by atoms with Crippen molar-refractivity contribution in [1.29, 1.82) is 0 Å². The number of ether oxygens (including phenoxy) is 2. The number of morpholine rings is 1. The van der Waals surface area contributed by atoms with Crippen molar-refractivity contribution in [2.75, 3.05) is 20.3 Å². The Balaban J connectivity index is 1.55. The number of carbonyl (C=O) groups excluding carboxylic acids is 1. The Kier molecular flexibility index (Phi) is 4.44. The number of hydrogen-bond donors (Lipinski definition) is 1. The number of carbonyl (C=O) groups is 1. The van der Waals surface area contributed by atoms with Crippen LogP contribution in [0.25, 0.3) is 11.3 Å². The molecule has 2 heterocycles. The van der Waals surface area contributed by atoms with Crippen LogP contribution < -0.4 is 4.74 Å². The van der Waals surface area contributed by atoms with Crippen LogP contribution in [0.5, 0.6) is 5.75 Å². The lowest BCUT2D eigenvalue weighted by Gasteiger charge is -2.43. The fraction of sp³-hybridized carbons (Fsp3) is 0.474. The van der Waals surface area contributed by atoms with Gasteiger partial charge < -0.3 is 14.4 Å². The highest BCUT2D eigenvalue weighted by Gasteiger charge is 2.37. The molecular weight excluding hydrogens is 318 g/mol. The van der Waals surface area contributed by atoms with E-state index in [4.69, 9.17) is 9.47 Å². The van der Waals surface area contributed by atoms with Crippen LogP contribution in [0, 0.1) is 0 Å². The van der Waals surface area contributed by atoms with E-state index in [1.807, 2.05) is 35.2 Å². The van der Waals surface area contributed by atoms with Gasteiger partial charge in [0, 0.05) is 12.1 Å². The lowest BCUT2D eigenvalue weighted by Crippen LogP contribution is -2.54. The van der Waals surface area contributed by atoms with Gasteiger partial charge in [-0.25, -0.2) is 0 Å². The second kappa shape index (κ2) is 6.88. The van der Waals surface area contributed by atoms with Crippen molar-refractivity contribution in [3.63, 3.8) is 0 Å². The Labute approximate surface area is 147 Å². The molecule has 1 aliphatic carbocycles. The predicted molar refractivity (Wildman–Crippen MR) is 93.6 cm³/mol. The normalized spacial score (nSPS) is 23.2. The van der Waals surface area contributed by atoms with Gasteiger partial charge in [-0.05, 0) is 31.0 Å². The first-order valence-electron chi connectivity index (χ1n) is 8.88. The monoisotopic (exact) mass is 341 g/mol. The van der Waals surface area contributed by atoms with Gasteiger partial charge in [-0.15, -0.1) is 0 Å². The molecule has 132 valence electrons. The van der Waals surface area contributed by atoms with E-state index in [-0.39, 0.29) is 18.1 Å². The minimum Gasteiger partial charge on any atom is -0.497 e. The second-order valence-corrected chi connectivity index (χ2v) is 6.66. The number of aromatic amines is 1. The molecule has 2 aliphatic rings. The standard InChI is InChI=1S/C19H23N3O3/c1-24-14-6-4-5-13(11-14)15-12-16(21-20-15)19(23)22-9-10-25-18-8-3-2-7-17(18)22/h4-6,11-12,17-18H,2-3,7-10H2,1H3,(H,20,21)/t17-,18-/m1/s1. The lowest BCUT2D eigenvalue weighted by molar-refractivity contribution is -0.0754. The zero-order valence-corrected chi connectivity index (χ0v) is 14.4. The smallest absolute Gasteiger partial charge is 0.272 e. The highest BCUT2D eigenvalue weighted by Crippen LogP contribution is 2.30. The van der Waals surface area contributed by atoms with E-state index in [0.717, 1.165) is 36.3 Å². The number of methoxy groups -OCH3 is 1. The zero-order valence-electron chi connectivity index (χ0n) is 14.4. The van der Waals surface area contributed by atoms with E-state index in [1.54, 1.807) is 7.11 Å². The number of H-pyrrole nitrogens is 1. The van der Waals surface area contributed by atoms with Gasteiger partial charge >= 0.3 is 0 Å². The number of rotatable bonds is 3. The van der Waals surface area contributed by atoms with Crippen LogP contribution in [0.2, 0.25) is 0 Å². The van der Waals surface area contributed by atoms with Gasteiger partial charge in [0.15, 0.2) is 0 Å². The summed E-state index contributed by atoms with van der Waals surface area (Å²) >= 11 is 0. The van der Waals surface area contributed by atoms with Crippen molar-refractivity contribution in [2.24, 2.45) is 0 Å². The molecular formula is C19H23N3O3. The quantitative estimate of drug-likeness (QED) is 0.932. The van der Waals surface area contributed by atoms with Gasteiger partial charge in [-0.1, -0.05) is 25.0 Å². The summed E-state index contributed by atoms with van der Waals surface area (Å²) in [5.74, 6) is 0.786. The number of nitrogens with zero attached hydrogens (tertiary/aromatic N) is 2. The van der Waals surface area contributed by atoms with Crippen LogP contribution in [0.1, 0.15) is 36.2 Å². The number of aromatic nitrogens is 2. The molecule has 0 radical (unpaired) electrons. The number of amides is 1. The van der Waals surface area contributed by atoms with Crippen molar-refractivity contribution in [1.82, 2.24) is 15.1 Å². The molecule has 2 atom stereocenters. The summed E-state index contributed by atoms with van der Waals surface area (Å²) in [6, 6.07) is 9.69. The van der Waals surface area contributed by atoms with Gasteiger partial charge in [0.1, 0.15) is 11.4 Å². The molecule has 0 spiro atoms. The Bertz CT molecular complexity index is 756. The van der Waals surface area contributed by atoms with Crippen LogP contribution >= 0.6 is 0 Å². The summed E-state index contributed by atoms with van der Waals surface area (Å²) in [6.45, 7) is 1.26. The van der Waals surface area contributed by atoms with Crippen molar-refractivity contribution in [2.45, 2.75) is 37.8 Å². The van der Waals surface area contributed by atoms with E-state index in [9.17, 15) is 4.79 Å². The Hall–Kier alpha value is -2.34. The van der Waals surface area contributed by atoms with Crippen LogP contribution in [0.4, 0.5) is 0 Å². The third-order valence-electron chi connectivity index (χ3n) is 5.17. The third-order valence-corrected chi connectivity index (χ3v) is 5.17. The minimum absolute atomic E-state index is 0.0156. The highest BCUT2D eigenvalue weighted by molar-refractivity contribution is 5.93. The van der Waals surface area contributed by atoms with E-state index >= 15 is 0 Å². The lowest BCUT2D eigenvalue weighted by atomic mass is 9.90. The predicted octanol–water partition coefficient (Wildman–Crippen LogP) is 2.87. The highest BCUT2D eigenvalue weighted by atomic mass is 16.5. The molecule has 1 saturated heterocycles. The second-order valence-electron chi connectivity index (χ2n) is 6.66. The van der Waals surface area contributed by atoms with Gasteiger partial charge in [-0.2, -0.15) is 5.10 Å². The molecule has 6 heteroatoms. The average Bonchev–Trinajstić information content (AvgIpc) is 3.17. The SMILES string of the molecule is COc1cccc(-c2cc(C(=O)N3CCO[C@@H]4CCCC[C@H]43)[nH]n2)c1. The molecule has 6 nitrogen and oxygen atoms in total. The maximum Gasteiger partial charge on any atom is 0.272 e. The Morgan fingerprint density at radius 2 is 2.20 bits per heavy atom. The molecule has 4 rings (SSSR count). The van der Waals surface area contributed by atoms with Gasteiger partial charge in [0.05, 0.1) is 31.6 Å². The number of fused-ring (bicyclic) bond motifs is 1. The van der Waals surface area contributed by atoms with Gasteiger partial charge in [0.2, 0.25) is 0 Å². The van der Waals surface area contributed by atoms with E-state index in [2.05, 4.69) is 10.2 Å². The maximum atomic E-state index is 13.0. The molecule has 2 fully saturated rings. The van der Waals surface area contributed by atoms with Gasteiger partial charge in [-0.3, -0.25) is 9.89 Å². The van der Waals surface area contributed by atoms with E-state index in [0.29, 0.717) is 18.8 Å². The van der Waals surface area contributed by atoms with E-state index < -0.39 is 0 Å². The van der Waals surface area contributed by atoms with Crippen molar-refractivity contribution >= 4 is 5.91 Å². The largest absolute Gasteiger partial charge is 0.497 e. The maximum absolute atomic E-state index is 13.0. The topological polar surface area (TPSA) is 67.4 Å². The summed E-state index contributed by atoms with van der Waals surface area (Å²) in [6.07, 6.45) is 4.60. The molecule has 0 bridgehead atoms. The van der Waals surface area contributed by atoms with E-state index in [1.165, 1.54) is 6.42 Å². The average molecular weight is 341 g/mol. The summed E-state index contributed by atoms with van der Waals surface area (Å²) in [7, 11) is 1.64. The first-order valence-corrected chi connectivity index (χ1v) is 8.88. The molecule has 1 saturated carbocycles. The summed E-state index contributed by atoms with van der Waals surface area (Å²) in [5.41, 5.74) is 2.20. The zero-order chi connectivity index (χ0) is 17.2. The Morgan fingerprint density at radius 3 is 3.08 bits per heavy atom. The molecule has 25 heavy (non-hydrogen) atoms. The molecule has 0 unspecified atom stereocenters. The molecule has 1 aromatic carbocycles. The van der Waals surface area contributed by atoms with Crippen molar-refractivity contribution in [3.8, 4) is 17.0 Å². The number of hydrogen-bond acceptors (Lipinski definition) is 4.